The van der Waals surface area contributed by atoms with Crippen molar-refractivity contribution < 1.29 is 0 Å². The summed E-state index contributed by atoms with van der Waals surface area (Å²) >= 11 is 12.1. The SMILES string of the molecule is Clc1ccc(-n2cc(CN3CCC(N4CCNCC4)C3)nn2)cc1Cl. The molecule has 0 spiro atoms. The van der Waals surface area contributed by atoms with Gasteiger partial charge in [0.25, 0.3) is 0 Å². The lowest BCUT2D eigenvalue weighted by Gasteiger charge is -2.32. The van der Waals surface area contributed by atoms with Gasteiger partial charge in [-0.1, -0.05) is 28.4 Å². The first kappa shape index (κ1) is 17.2. The van der Waals surface area contributed by atoms with Crippen LogP contribution in [-0.2, 0) is 6.54 Å². The lowest BCUT2D eigenvalue weighted by atomic mass is 10.2. The van der Waals surface area contributed by atoms with Crippen molar-refractivity contribution in [2.24, 2.45) is 0 Å². The molecule has 3 heterocycles. The van der Waals surface area contributed by atoms with Crippen LogP contribution in [-0.4, -0.2) is 70.1 Å². The maximum absolute atomic E-state index is 6.09. The first-order chi connectivity index (χ1) is 12.2. The number of piperazine rings is 1. The fourth-order valence-electron chi connectivity index (χ4n) is 3.65. The number of halogens is 2. The summed E-state index contributed by atoms with van der Waals surface area (Å²) in [5.74, 6) is 0. The summed E-state index contributed by atoms with van der Waals surface area (Å²) in [5.41, 5.74) is 1.85. The molecule has 1 unspecified atom stereocenters. The average Bonchev–Trinajstić information content (AvgIpc) is 3.28. The number of nitrogens with zero attached hydrogens (tertiary/aromatic N) is 5. The Bertz CT molecular complexity index is 728. The molecule has 6 nitrogen and oxygen atoms in total. The predicted molar refractivity (Wildman–Crippen MR) is 99.5 cm³/mol. The quantitative estimate of drug-likeness (QED) is 0.879. The molecule has 1 N–H and O–H groups in total. The van der Waals surface area contributed by atoms with Gasteiger partial charge in [-0.25, -0.2) is 4.68 Å². The van der Waals surface area contributed by atoms with Gasteiger partial charge < -0.3 is 5.32 Å². The van der Waals surface area contributed by atoms with Crippen molar-refractivity contribution in [2.75, 3.05) is 39.3 Å². The molecule has 8 heteroatoms. The summed E-state index contributed by atoms with van der Waals surface area (Å²) in [6.45, 7) is 7.60. The van der Waals surface area contributed by atoms with Gasteiger partial charge in [0.15, 0.2) is 0 Å². The third-order valence-electron chi connectivity index (χ3n) is 5.01. The minimum atomic E-state index is 0.523. The van der Waals surface area contributed by atoms with Gasteiger partial charge in [-0.2, -0.15) is 0 Å². The summed E-state index contributed by atoms with van der Waals surface area (Å²) in [5, 5.41) is 13.0. The molecular weight excluding hydrogens is 359 g/mol. The number of aromatic nitrogens is 3. The second-order valence-electron chi connectivity index (χ2n) is 6.72. The summed E-state index contributed by atoms with van der Waals surface area (Å²) in [6, 6.07) is 6.15. The summed E-state index contributed by atoms with van der Waals surface area (Å²) < 4.78 is 1.75. The van der Waals surface area contributed by atoms with Crippen LogP contribution in [0.1, 0.15) is 12.1 Å². The van der Waals surface area contributed by atoms with E-state index in [1.807, 2.05) is 12.3 Å². The molecule has 134 valence electrons. The van der Waals surface area contributed by atoms with Gasteiger partial charge in [0.2, 0.25) is 0 Å². The molecule has 2 aliphatic rings. The molecule has 1 aromatic heterocycles. The maximum atomic E-state index is 6.09. The van der Waals surface area contributed by atoms with E-state index in [0.717, 1.165) is 57.2 Å². The first-order valence-corrected chi connectivity index (χ1v) is 9.48. The molecule has 0 radical (unpaired) electrons. The topological polar surface area (TPSA) is 49.2 Å². The smallest absolute Gasteiger partial charge is 0.0971 e. The molecule has 2 aliphatic heterocycles. The Morgan fingerprint density at radius 2 is 1.96 bits per heavy atom. The minimum absolute atomic E-state index is 0.523. The molecule has 1 atom stereocenters. The molecule has 0 amide bonds. The summed E-state index contributed by atoms with van der Waals surface area (Å²) in [7, 11) is 0. The molecule has 25 heavy (non-hydrogen) atoms. The largest absolute Gasteiger partial charge is 0.314 e. The van der Waals surface area contributed by atoms with Crippen LogP contribution in [0.3, 0.4) is 0 Å². The van der Waals surface area contributed by atoms with E-state index in [0.29, 0.717) is 16.1 Å². The van der Waals surface area contributed by atoms with Crippen molar-refractivity contribution in [3.8, 4) is 5.69 Å². The van der Waals surface area contributed by atoms with Crippen molar-refractivity contribution in [2.45, 2.75) is 19.0 Å². The van der Waals surface area contributed by atoms with Crippen LogP contribution in [0.15, 0.2) is 24.4 Å². The number of hydrogen-bond donors (Lipinski definition) is 1. The predicted octanol–water partition coefficient (Wildman–Crippen LogP) is 2.05. The van der Waals surface area contributed by atoms with Crippen LogP contribution in [0.5, 0.6) is 0 Å². The van der Waals surface area contributed by atoms with E-state index in [1.165, 1.54) is 6.42 Å². The Kier molecular flexibility index (Phi) is 5.24. The monoisotopic (exact) mass is 380 g/mol. The zero-order valence-electron chi connectivity index (χ0n) is 14.0. The third kappa shape index (κ3) is 3.99. The van der Waals surface area contributed by atoms with Crippen molar-refractivity contribution in [3.63, 3.8) is 0 Å². The first-order valence-electron chi connectivity index (χ1n) is 8.73. The van der Waals surface area contributed by atoms with Crippen molar-refractivity contribution in [1.29, 1.82) is 0 Å². The normalized spacial score (nSPS) is 22.6. The average molecular weight is 381 g/mol. The highest BCUT2D eigenvalue weighted by Gasteiger charge is 2.28. The Hall–Kier alpha value is -1.18. The summed E-state index contributed by atoms with van der Waals surface area (Å²) in [4.78, 5) is 5.08. The van der Waals surface area contributed by atoms with E-state index >= 15 is 0 Å². The standard InChI is InChI=1S/C17H22Cl2N6/c18-16-2-1-14(9-17(16)19)25-11-13(21-22-25)10-23-6-3-15(12-23)24-7-4-20-5-8-24/h1-2,9,11,15,20H,3-8,10,12H2. The van der Waals surface area contributed by atoms with Crippen LogP contribution in [0.4, 0.5) is 0 Å². The lowest BCUT2D eigenvalue weighted by molar-refractivity contribution is 0.170. The van der Waals surface area contributed by atoms with Crippen molar-refractivity contribution >= 4 is 23.2 Å². The van der Waals surface area contributed by atoms with E-state index in [9.17, 15) is 0 Å². The number of rotatable bonds is 4. The molecule has 0 saturated carbocycles. The van der Waals surface area contributed by atoms with Crippen LogP contribution >= 0.6 is 23.2 Å². The lowest BCUT2D eigenvalue weighted by Crippen LogP contribution is -2.49. The highest BCUT2D eigenvalue weighted by molar-refractivity contribution is 6.42. The molecule has 4 rings (SSSR count). The fourth-order valence-corrected chi connectivity index (χ4v) is 3.95. The van der Waals surface area contributed by atoms with Crippen LogP contribution in [0.2, 0.25) is 10.0 Å². The minimum Gasteiger partial charge on any atom is -0.314 e. The molecule has 0 aliphatic carbocycles. The van der Waals surface area contributed by atoms with Crippen molar-refractivity contribution in [3.05, 3.63) is 40.1 Å². The van der Waals surface area contributed by atoms with Gasteiger partial charge in [0, 0.05) is 51.9 Å². The zero-order valence-corrected chi connectivity index (χ0v) is 15.5. The van der Waals surface area contributed by atoms with Crippen LogP contribution in [0, 0.1) is 0 Å². The van der Waals surface area contributed by atoms with E-state index in [2.05, 4.69) is 25.4 Å². The van der Waals surface area contributed by atoms with E-state index in [1.54, 1.807) is 16.8 Å². The Balaban J connectivity index is 1.37. The van der Waals surface area contributed by atoms with Crippen molar-refractivity contribution in [1.82, 2.24) is 30.1 Å². The highest BCUT2D eigenvalue weighted by atomic mass is 35.5. The third-order valence-corrected chi connectivity index (χ3v) is 5.75. The molecule has 2 aromatic rings. The number of hydrogen-bond acceptors (Lipinski definition) is 5. The van der Waals surface area contributed by atoms with Gasteiger partial charge in [0.1, 0.15) is 0 Å². The van der Waals surface area contributed by atoms with Gasteiger partial charge in [-0.3, -0.25) is 9.80 Å². The summed E-state index contributed by atoms with van der Waals surface area (Å²) in [6.07, 6.45) is 3.21. The number of nitrogens with one attached hydrogen (secondary N) is 1. The van der Waals surface area contributed by atoms with Gasteiger partial charge in [-0.05, 0) is 24.6 Å². The zero-order chi connectivity index (χ0) is 17.2. The fraction of sp³-hybridized carbons (Fsp3) is 0.529. The van der Waals surface area contributed by atoms with Crippen LogP contribution in [0.25, 0.3) is 5.69 Å². The maximum Gasteiger partial charge on any atom is 0.0971 e. The van der Waals surface area contributed by atoms with E-state index in [4.69, 9.17) is 23.2 Å². The second-order valence-corrected chi connectivity index (χ2v) is 7.53. The number of likely N-dealkylation sites (tertiary alicyclic amines) is 1. The second kappa shape index (κ2) is 7.60. The van der Waals surface area contributed by atoms with E-state index < -0.39 is 0 Å². The van der Waals surface area contributed by atoms with E-state index in [-0.39, 0.29) is 0 Å². The van der Waals surface area contributed by atoms with Gasteiger partial charge >= 0.3 is 0 Å². The van der Waals surface area contributed by atoms with Gasteiger partial charge in [0.05, 0.1) is 27.6 Å². The Morgan fingerprint density at radius 3 is 2.76 bits per heavy atom. The molecule has 2 fully saturated rings. The molecule has 1 aromatic carbocycles. The molecule has 0 bridgehead atoms. The molecule has 2 saturated heterocycles. The molecular formula is C17H22Cl2N6. The van der Waals surface area contributed by atoms with Gasteiger partial charge in [-0.15, -0.1) is 5.10 Å². The Morgan fingerprint density at radius 1 is 1.12 bits per heavy atom. The van der Waals surface area contributed by atoms with Crippen LogP contribution < -0.4 is 5.32 Å². The Labute approximate surface area is 157 Å². The number of benzene rings is 1. The highest BCUT2D eigenvalue weighted by Crippen LogP contribution is 2.24.